The third-order valence-corrected chi connectivity index (χ3v) is 3.25. The van der Waals surface area contributed by atoms with E-state index in [0.717, 1.165) is 4.47 Å². The zero-order valence-electron chi connectivity index (χ0n) is 10.1. The van der Waals surface area contributed by atoms with Gasteiger partial charge in [0.25, 0.3) is 5.91 Å². The van der Waals surface area contributed by atoms with Crippen LogP contribution < -0.4 is 16.6 Å². The van der Waals surface area contributed by atoms with Gasteiger partial charge in [-0.3, -0.25) is 9.59 Å². The number of carbonyl (C=O) groups is 1. The number of thiocarbonyl (C=S) groups is 1. The number of rotatable bonds is 3. The van der Waals surface area contributed by atoms with Crippen LogP contribution in [0.2, 0.25) is 0 Å². The van der Waals surface area contributed by atoms with Crippen molar-refractivity contribution in [1.82, 2.24) is 4.98 Å². The van der Waals surface area contributed by atoms with Gasteiger partial charge in [-0.2, -0.15) is 0 Å². The molecular formula is C13H10BrN3O2S. The number of H-pyrrole nitrogens is 1. The molecule has 1 heterocycles. The van der Waals surface area contributed by atoms with Crippen molar-refractivity contribution in [3.63, 3.8) is 0 Å². The molecule has 7 heteroatoms. The molecule has 0 aliphatic heterocycles. The van der Waals surface area contributed by atoms with Gasteiger partial charge in [0.1, 0.15) is 4.99 Å². The molecule has 1 amide bonds. The summed E-state index contributed by atoms with van der Waals surface area (Å²) in [6, 6.07) is 7.89. The van der Waals surface area contributed by atoms with E-state index in [-0.39, 0.29) is 16.1 Å². The standard InChI is InChI=1S/C13H10BrN3O2S/c14-8-1-2-10(9(6-8)12(15)20)17-13(19)7-3-4-16-11(18)5-7/h1-6H,(H2,15,20)(H,16,18)(H,17,19). The number of aromatic nitrogens is 1. The van der Waals surface area contributed by atoms with Crippen molar-refractivity contribution in [2.24, 2.45) is 5.73 Å². The predicted octanol–water partition coefficient (Wildman–Crippen LogP) is 2.02. The summed E-state index contributed by atoms with van der Waals surface area (Å²) in [7, 11) is 0. The molecule has 0 aliphatic rings. The van der Waals surface area contributed by atoms with E-state index in [2.05, 4.69) is 26.2 Å². The molecule has 0 unspecified atom stereocenters. The van der Waals surface area contributed by atoms with Gasteiger partial charge in [0.2, 0.25) is 5.56 Å². The van der Waals surface area contributed by atoms with Crippen LogP contribution in [0.25, 0.3) is 0 Å². The van der Waals surface area contributed by atoms with Crippen LogP contribution in [-0.2, 0) is 0 Å². The lowest BCUT2D eigenvalue weighted by atomic mass is 10.1. The first kappa shape index (κ1) is 14.4. The summed E-state index contributed by atoms with van der Waals surface area (Å²) in [6.07, 6.45) is 1.41. The Bertz CT molecular complexity index is 742. The van der Waals surface area contributed by atoms with E-state index in [4.69, 9.17) is 18.0 Å². The summed E-state index contributed by atoms with van der Waals surface area (Å²) < 4.78 is 0.800. The number of hydrogen-bond donors (Lipinski definition) is 3. The fourth-order valence-corrected chi connectivity index (χ4v) is 2.14. The maximum atomic E-state index is 12.1. The quantitative estimate of drug-likeness (QED) is 0.738. The van der Waals surface area contributed by atoms with Crippen LogP contribution in [0.4, 0.5) is 5.69 Å². The van der Waals surface area contributed by atoms with Crippen molar-refractivity contribution in [3.8, 4) is 0 Å². The molecule has 102 valence electrons. The first-order valence-electron chi connectivity index (χ1n) is 5.57. The fraction of sp³-hybridized carbons (Fsp3) is 0. The summed E-state index contributed by atoms with van der Waals surface area (Å²) in [5, 5.41) is 2.68. The number of anilines is 1. The highest BCUT2D eigenvalue weighted by Gasteiger charge is 2.11. The second-order valence-corrected chi connectivity index (χ2v) is 5.31. The molecule has 1 aromatic heterocycles. The molecule has 0 bridgehead atoms. The second kappa shape index (κ2) is 5.98. The third kappa shape index (κ3) is 3.31. The van der Waals surface area contributed by atoms with Crippen LogP contribution in [0.15, 0.2) is 45.8 Å². The number of nitrogens with one attached hydrogen (secondary N) is 2. The molecule has 0 atom stereocenters. The lowest BCUT2D eigenvalue weighted by Crippen LogP contribution is -2.19. The number of halogens is 1. The van der Waals surface area contributed by atoms with Gasteiger partial charge in [0, 0.05) is 27.9 Å². The van der Waals surface area contributed by atoms with Gasteiger partial charge in [-0.1, -0.05) is 28.1 Å². The highest BCUT2D eigenvalue weighted by molar-refractivity contribution is 9.10. The number of amides is 1. The molecule has 0 spiro atoms. The number of aromatic amines is 1. The van der Waals surface area contributed by atoms with E-state index in [1.807, 2.05) is 0 Å². The van der Waals surface area contributed by atoms with Crippen molar-refractivity contribution >= 4 is 44.7 Å². The summed E-state index contributed by atoms with van der Waals surface area (Å²) in [5.41, 5.74) is 6.58. The molecule has 0 saturated heterocycles. The molecule has 4 N–H and O–H groups in total. The fourth-order valence-electron chi connectivity index (χ4n) is 1.61. The van der Waals surface area contributed by atoms with Crippen LogP contribution in [0, 0.1) is 0 Å². The Kier molecular flexibility index (Phi) is 4.31. The van der Waals surface area contributed by atoms with Crippen molar-refractivity contribution in [2.75, 3.05) is 5.32 Å². The van der Waals surface area contributed by atoms with Crippen molar-refractivity contribution < 1.29 is 4.79 Å². The maximum Gasteiger partial charge on any atom is 0.255 e. The Balaban J connectivity index is 2.33. The van der Waals surface area contributed by atoms with E-state index >= 15 is 0 Å². The Labute approximate surface area is 128 Å². The molecule has 2 rings (SSSR count). The molecule has 0 fully saturated rings. The Morgan fingerprint density at radius 2 is 2.05 bits per heavy atom. The number of pyridine rings is 1. The van der Waals surface area contributed by atoms with Crippen molar-refractivity contribution in [3.05, 3.63) is 62.5 Å². The summed E-state index contributed by atoms with van der Waals surface area (Å²) in [6.45, 7) is 0. The smallest absolute Gasteiger partial charge is 0.255 e. The van der Waals surface area contributed by atoms with Gasteiger partial charge in [-0.05, 0) is 24.3 Å². The predicted molar refractivity (Wildman–Crippen MR) is 85.0 cm³/mol. The minimum atomic E-state index is -0.407. The highest BCUT2D eigenvalue weighted by Crippen LogP contribution is 2.21. The van der Waals surface area contributed by atoms with E-state index < -0.39 is 5.91 Å². The van der Waals surface area contributed by atoms with Gasteiger partial charge >= 0.3 is 0 Å². The highest BCUT2D eigenvalue weighted by atomic mass is 79.9. The van der Waals surface area contributed by atoms with E-state index in [9.17, 15) is 9.59 Å². The van der Waals surface area contributed by atoms with Crippen LogP contribution in [0.1, 0.15) is 15.9 Å². The van der Waals surface area contributed by atoms with Crippen LogP contribution in [0.3, 0.4) is 0 Å². The van der Waals surface area contributed by atoms with Gasteiger partial charge in [0.05, 0.1) is 5.69 Å². The topological polar surface area (TPSA) is 88.0 Å². The van der Waals surface area contributed by atoms with Crippen molar-refractivity contribution in [1.29, 1.82) is 0 Å². The number of carbonyl (C=O) groups excluding carboxylic acids is 1. The third-order valence-electron chi connectivity index (χ3n) is 2.53. The summed E-state index contributed by atoms with van der Waals surface area (Å²) in [4.78, 5) is 25.9. The number of benzene rings is 1. The zero-order chi connectivity index (χ0) is 14.7. The molecule has 0 aliphatic carbocycles. The minimum Gasteiger partial charge on any atom is -0.389 e. The maximum absolute atomic E-state index is 12.1. The SMILES string of the molecule is NC(=S)c1cc(Br)ccc1NC(=O)c1cc[nH]c(=O)c1. The van der Waals surface area contributed by atoms with Crippen molar-refractivity contribution in [2.45, 2.75) is 0 Å². The Morgan fingerprint density at radius 1 is 1.30 bits per heavy atom. The molecule has 0 radical (unpaired) electrons. The van der Waals surface area contributed by atoms with E-state index in [1.54, 1.807) is 18.2 Å². The number of hydrogen-bond acceptors (Lipinski definition) is 3. The summed E-state index contributed by atoms with van der Waals surface area (Å²) >= 11 is 8.26. The van der Waals surface area contributed by atoms with Crippen LogP contribution in [-0.4, -0.2) is 15.9 Å². The van der Waals surface area contributed by atoms with Crippen LogP contribution >= 0.6 is 28.1 Å². The normalized spacial score (nSPS) is 10.1. The molecular weight excluding hydrogens is 342 g/mol. The average Bonchev–Trinajstić information content (AvgIpc) is 2.40. The largest absolute Gasteiger partial charge is 0.389 e. The van der Waals surface area contributed by atoms with E-state index in [0.29, 0.717) is 11.3 Å². The van der Waals surface area contributed by atoms with Crippen LogP contribution in [0.5, 0.6) is 0 Å². The Hall–Kier alpha value is -1.99. The average molecular weight is 352 g/mol. The first-order valence-corrected chi connectivity index (χ1v) is 6.77. The Morgan fingerprint density at radius 3 is 2.70 bits per heavy atom. The number of nitrogens with two attached hydrogens (primary N) is 1. The van der Waals surface area contributed by atoms with Gasteiger partial charge in [0.15, 0.2) is 0 Å². The van der Waals surface area contributed by atoms with Gasteiger partial charge in [-0.15, -0.1) is 0 Å². The lowest BCUT2D eigenvalue weighted by Gasteiger charge is -2.10. The summed E-state index contributed by atoms with van der Waals surface area (Å²) in [5.74, 6) is -0.407. The monoisotopic (exact) mass is 351 g/mol. The van der Waals surface area contributed by atoms with Gasteiger partial charge < -0.3 is 16.0 Å². The molecule has 0 saturated carbocycles. The van der Waals surface area contributed by atoms with E-state index in [1.165, 1.54) is 18.3 Å². The molecule has 1 aromatic carbocycles. The first-order chi connectivity index (χ1) is 9.47. The van der Waals surface area contributed by atoms with Gasteiger partial charge in [-0.25, -0.2) is 0 Å². The molecule has 2 aromatic rings. The zero-order valence-corrected chi connectivity index (χ0v) is 12.5. The molecule has 5 nitrogen and oxygen atoms in total. The lowest BCUT2D eigenvalue weighted by molar-refractivity contribution is 0.102. The second-order valence-electron chi connectivity index (χ2n) is 3.95. The minimum absolute atomic E-state index is 0.174. The molecule has 20 heavy (non-hydrogen) atoms.